The third kappa shape index (κ3) is 4.71. The summed E-state index contributed by atoms with van der Waals surface area (Å²) >= 11 is 6.07. The minimum Gasteiger partial charge on any atom is -0.356 e. The third-order valence-corrected chi connectivity index (χ3v) is 7.68. The quantitative estimate of drug-likeness (QED) is 0.605. The summed E-state index contributed by atoms with van der Waals surface area (Å²) in [6, 6.07) is 8.14. The number of sulfone groups is 1. The zero-order valence-corrected chi connectivity index (χ0v) is 16.9. The molecule has 0 amide bonds. The molecule has 0 spiro atoms. The number of benzene rings is 1. The number of hydrogen-bond donors (Lipinski definition) is 2. The van der Waals surface area contributed by atoms with Crippen molar-refractivity contribution in [3.63, 3.8) is 0 Å². The van der Waals surface area contributed by atoms with Crippen molar-refractivity contribution >= 4 is 27.4 Å². The molecular weight excluding hydrogens is 370 g/mol. The molecule has 7 heteroatoms. The highest BCUT2D eigenvalue weighted by atomic mass is 35.5. The predicted molar refractivity (Wildman–Crippen MR) is 108 cm³/mol. The van der Waals surface area contributed by atoms with Crippen molar-refractivity contribution in [3.8, 4) is 0 Å². The van der Waals surface area contributed by atoms with Crippen LogP contribution in [0.3, 0.4) is 0 Å². The lowest BCUT2D eigenvalue weighted by molar-refractivity contribution is 0.291. The van der Waals surface area contributed by atoms with Crippen LogP contribution in [0.1, 0.15) is 44.1 Å². The first kappa shape index (κ1) is 19.5. The maximum Gasteiger partial charge on any atom is 0.191 e. The summed E-state index contributed by atoms with van der Waals surface area (Å²) < 4.78 is 23.3. The molecule has 1 heterocycles. The van der Waals surface area contributed by atoms with Gasteiger partial charge in [0.2, 0.25) is 0 Å². The second-order valence-electron chi connectivity index (χ2n) is 7.52. The summed E-state index contributed by atoms with van der Waals surface area (Å²) in [5, 5.41) is 7.49. The molecule has 0 radical (unpaired) electrons. The van der Waals surface area contributed by atoms with Crippen LogP contribution in [-0.4, -0.2) is 45.5 Å². The van der Waals surface area contributed by atoms with Gasteiger partial charge in [0.05, 0.1) is 11.5 Å². The normalized spacial score (nSPS) is 25.0. The number of hydrogen-bond acceptors (Lipinski definition) is 3. The average Bonchev–Trinajstić information content (AvgIpc) is 2.98. The molecule has 5 nitrogen and oxygen atoms in total. The van der Waals surface area contributed by atoms with E-state index in [1.165, 1.54) is 24.8 Å². The fraction of sp³-hybridized carbons (Fsp3) is 0.632. The van der Waals surface area contributed by atoms with E-state index < -0.39 is 9.84 Å². The summed E-state index contributed by atoms with van der Waals surface area (Å²) in [7, 11) is -1.17. The lowest BCUT2D eigenvalue weighted by Gasteiger charge is -2.38. The van der Waals surface area contributed by atoms with Gasteiger partial charge >= 0.3 is 0 Å². The molecule has 26 heavy (non-hydrogen) atoms. The van der Waals surface area contributed by atoms with E-state index in [1.54, 1.807) is 7.05 Å². The summed E-state index contributed by atoms with van der Waals surface area (Å²) in [4.78, 5) is 4.30. The Morgan fingerprint density at radius 2 is 1.92 bits per heavy atom. The van der Waals surface area contributed by atoms with Gasteiger partial charge in [0.15, 0.2) is 15.8 Å². The lowest BCUT2D eigenvalue weighted by atomic mass is 9.69. The number of nitrogens with one attached hydrogen (secondary N) is 2. The van der Waals surface area contributed by atoms with Crippen LogP contribution < -0.4 is 10.6 Å². The van der Waals surface area contributed by atoms with Crippen molar-refractivity contribution < 1.29 is 8.42 Å². The van der Waals surface area contributed by atoms with Crippen molar-refractivity contribution in [2.45, 2.75) is 50.0 Å². The van der Waals surface area contributed by atoms with Crippen molar-refractivity contribution in [3.05, 3.63) is 34.9 Å². The molecule has 1 unspecified atom stereocenters. The second kappa shape index (κ2) is 8.17. The molecule has 2 fully saturated rings. The Kier molecular flexibility index (Phi) is 6.13. The SMILES string of the molecule is CN=C(NCC1(c2ccc(Cl)cc2)CCCCC1)NC1CCS(=O)(=O)C1. The first-order valence-corrected chi connectivity index (χ1v) is 11.6. The van der Waals surface area contributed by atoms with E-state index >= 15 is 0 Å². The molecule has 0 aromatic heterocycles. The van der Waals surface area contributed by atoms with Crippen LogP contribution in [0, 0.1) is 0 Å². The molecule has 1 aromatic carbocycles. The minimum atomic E-state index is -2.90. The van der Waals surface area contributed by atoms with E-state index in [0.717, 1.165) is 24.4 Å². The lowest BCUT2D eigenvalue weighted by Crippen LogP contribution is -2.49. The molecule has 1 aromatic rings. The maximum absolute atomic E-state index is 11.7. The molecule has 1 atom stereocenters. The summed E-state index contributed by atoms with van der Waals surface area (Å²) in [5.41, 5.74) is 1.38. The van der Waals surface area contributed by atoms with Crippen molar-refractivity contribution in [2.24, 2.45) is 4.99 Å². The average molecular weight is 398 g/mol. The van der Waals surface area contributed by atoms with Gasteiger partial charge in [0, 0.05) is 30.1 Å². The highest BCUT2D eigenvalue weighted by Crippen LogP contribution is 2.39. The number of aliphatic imine (C=N–C) groups is 1. The largest absolute Gasteiger partial charge is 0.356 e. The van der Waals surface area contributed by atoms with Gasteiger partial charge in [0.1, 0.15) is 0 Å². The van der Waals surface area contributed by atoms with Crippen LogP contribution in [0.4, 0.5) is 0 Å². The van der Waals surface area contributed by atoms with Crippen LogP contribution in [0.15, 0.2) is 29.3 Å². The fourth-order valence-corrected chi connectivity index (χ4v) is 5.95. The Bertz CT molecular complexity index is 741. The number of rotatable bonds is 4. The third-order valence-electron chi connectivity index (χ3n) is 5.66. The monoisotopic (exact) mass is 397 g/mol. The standard InChI is InChI=1S/C19H28ClN3O2S/c1-21-18(23-17-9-12-26(24,25)13-17)22-14-19(10-3-2-4-11-19)15-5-7-16(20)8-6-15/h5-8,17H,2-4,9-14H2,1H3,(H2,21,22,23). The van der Waals surface area contributed by atoms with E-state index in [-0.39, 0.29) is 23.0 Å². The maximum atomic E-state index is 11.7. The highest BCUT2D eigenvalue weighted by Gasteiger charge is 2.34. The number of halogens is 1. The summed E-state index contributed by atoms with van der Waals surface area (Å²) in [6.07, 6.45) is 6.63. The van der Waals surface area contributed by atoms with Gasteiger partial charge in [-0.3, -0.25) is 4.99 Å². The Morgan fingerprint density at radius 1 is 1.23 bits per heavy atom. The van der Waals surface area contributed by atoms with Crippen LogP contribution >= 0.6 is 11.6 Å². The molecule has 1 aliphatic carbocycles. The first-order valence-electron chi connectivity index (χ1n) is 9.36. The molecule has 2 N–H and O–H groups in total. The van der Waals surface area contributed by atoms with E-state index in [4.69, 9.17) is 11.6 Å². The molecule has 1 aliphatic heterocycles. The van der Waals surface area contributed by atoms with Crippen molar-refractivity contribution in [1.29, 1.82) is 0 Å². The molecule has 2 aliphatic rings. The summed E-state index contributed by atoms with van der Waals surface area (Å²) in [6.45, 7) is 0.785. The summed E-state index contributed by atoms with van der Waals surface area (Å²) in [5.74, 6) is 1.14. The topological polar surface area (TPSA) is 70.6 Å². The molecule has 0 bridgehead atoms. The molecule has 1 saturated carbocycles. The smallest absolute Gasteiger partial charge is 0.191 e. The van der Waals surface area contributed by atoms with Crippen molar-refractivity contribution in [1.82, 2.24) is 10.6 Å². The van der Waals surface area contributed by atoms with Gasteiger partial charge in [-0.15, -0.1) is 0 Å². The van der Waals surface area contributed by atoms with Crippen LogP contribution in [0.25, 0.3) is 0 Å². The Balaban J connectivity index is 1.68. The second-order valence-corrected chi connectivity index (χ2v) is 10.2. The zero-order valence-electron chi connectivity index (χ0n) is 15.3. The van der Waals surface area contributed by atoms with Gasteiger partial charge < -0.3 is 10.6 Å². The first-order chi connectivity index (χ1) is 12.4. The predicted octanol–water partition coefficient (Wildman–Crippen LogP) is 2.89. The minimum absolute atomic E-state index is 0.0518. The van der Waals surface area contributed by atoms with Gasteiger partial charge in [-0.05, 0) is 37.0 Å². The molecule has 1 saturated heterocycles. The van der Waals surface area contributed by atoms with Gasteiger partial charge in [-0.1, -0.05) is 43.0 Å². The highest BCUT2D eigenvalue weighted by molar-refractivity contribution is 7.91. The number of guanidine groups is 1. The van der Waals surface area contributed by atoms with Crippen molar-refractivity contribution in [2.75, 3.05) is 25.1 Å². The Morgan fingerprint density at radius 3 is 2.50 bits per heavy atom. The van der Waals surface area contributed by atoms with E-state index in [9.17, 15) is 8.42 Å². The molecule has 3 rings (SSSR count). The van der Waals surface area contributed by atoms with Gasteiger partial charge in [-0.25, -0.2) is 8.42 Å². The van der Waals surface area contributed by atoms with Gasteiger partial charge in [0.25, 0.3) is 0 Å². The van der Waals surface area contributed by atoms with Crippen LogP contribution in [0.2, 0.25) is 5.02 Å². The molecule has 144 valence electrons. The molecular formula is C19H28ClN3O2S. The van der Waals surface area contributed by atoms with E-state index in [0.29, 0.717) is 12.4 Å². The number of nitrogens with zero attached hydrogens (tertiary/aromatic N) is 1. The Hall–Kier alpha value is -1.27. The van der Waals surface area contributed by atoms with Crippen LogP contribution in [-0.2, 0) is 15.3 Å². The fourth-order valence-electron chi connectivity index (χ4n) is 4.15. The van der Waals surface area contributed by atoms with Crippen LogP contribution in [0.5, 0.6) is 0 Å². The van der Waals surface area contributed by atoms with E-state index in [1.807, 2.05) is 12.1 Å². The van der Waals surface area contributed by atoms with E-state index in [2.05, 4.69) is 27.8 Å². The Labute approximate surface area is 161 Å². The van der Waals surface area contributed by atoms with Gasteiger partial charge in [-0.2, -0.15) is 0 Å². The zero-order chi connectivity index (χ0) is 18.6.